The third kappa shape index (κ3) is 2.65. The van der Waals surface area contributed by atoms with Crippen molar-refractivity contribution in [2.24, 2.45) is 35.5 Å². The molecule has 0 aromatic rings. The molecule has 0 aromatic carbocycles. The second-order valence-corrected chi connectivity index (χ2v) is 8.91. The lowest BCUT2D eigenvalue weighted by molar-refractivity contribution is -0.0223. The Bertz CT molecular complexity index is 336. The minimum Gasteiger partial charge on any atom is -0.392 e. The van der Waals surface area contributed by atoms with Crippen LogP contribution in [-0.4, -0.2) is 22.4 Å². The fraction of sp³-hybridized carbons (Fsp3) is 1.00. The van der Waals surface area contributed by atoms with E-state index in [0.717, 1.165) is 11.8 Å². The van der Waals surface area contributed by atoms with Gasteiger partial charge in [-0.1, -0.05) is 64.2 Å². The van der Waals surface area contributed by atoms with Crippen LogP contribution >= 0.6 is 0 Å². The maximum absolute atomic E-state index is 10.9. The van der Waals surface area contributed by atoms with Gasteiger partial charge in [0.25, 0.3) is 0 Å². The lowest BCUT2D eigenvalue weighted by Gasteiger charge is -2.35. The van der Waals surface area contributed by atoms with Gasteiger partial charge in [-0.2, -0.15) is 0 Å². The molecule has 4 unspecified atom stereocenters. The predicted molar refractivity (Wildman–Crippen MR) is 88.4 cm³/mol. The molecule has 4 aliphatic carbocycles. The molecule has 0 spiro atoms. The number of aliphatic hydroxyl groups is 2. The summed E-state index contributed by atoms with van der Waals surface area (Å²) in [7, 11) is 0. The second kappa shape index (κ2) is 6.43. The van der Waals surface area contributed by atoms with Crippen molar-refractivity contribution in [1.82, 2.24) is 0 Å². The molecule has 4 fully saturated rings. The second-order valence-electron chi connectivity index (χ2n) is 8.91. The van der Waals surface area contributed by atoms with Gasteiger partial charge in [0.2, 0.25) is 0 Å². The topological polar surface area (TPSA) is 40.5 Å². The lowest BCUT2D eigenvalue weighted by atomic mass is 9.74. The van der Waals surface area contributed by atoms with Gasteiger partial charge in [-0.3, -0.25) is 0 Å². The quantitative estimate of drug-likeness (QED) is 0.805. The summed E-state index contributed by atoms with van der Waals surface area (Å²) >= 11 is 0. The SMILES string of the molecule is OC1C2C(C[C@@H]1C1CCCCC1)C[C@@H](C1CCCCC1)C2O. The van der Waals surface area contributed by atoms with Crippen molar-refractivity contribution in [3.8, 4) is 0 Å². The summed E-state index contributed by atoms with van der Waals surface area (Å²) in [6.45, 7) is 0. The smallest absolute Gasteiger partial charge is 0.0626 e. The van der Waals surface area contributed by atoms with Gasteiger partial charge in [-0.05, 0) is 42.4 Å². The molecular weight excluding hydrogens is 272 g/mol. The molecule has 0 saturated heterocycles. The summed E-state index contributed by atoms with van der Waals surface area (Å²) < 4.78 is 0. The maximum Gasteiger partial charge on any atom is 0.0626 e. The Morgan fingerprint density at radius 2 is 0.909 bits per heavy atom. The highest BCUT2D eigenvalue weighted by Crippen LogP contribution is 2.55. The van der Waals surface area contributed by atoms with Crippen molar-refractivity contribution < 1.29 is 10.2 Å². The summed E-state index contributed by atoms with van der Waals surface area (Å²) in [5.41, 5.74) is 0. The summed E-state index contributed by atoms with van der Waals surface area (Å²) in [6, 6.07) is 0. The Hall–Kier alpha value is -0.0800. The fourth-order valence-electron chi connectivity index (χ4n) is 6.79. The van der Waals surface area contributed by atoms with Crippen molar-refractivity contribution in [2.45, 2.75) is 89.3 Å². The van der Waals surface area contributed by atoms with Crippen LogP contribution in [0.25, 0.3) is 0 Å². The zero-order valence-corrected chi connectivity index (χ0v) is 14.0. The third-order valence-electron chi connectivity index (χ3n) is 7.87. The molecule has 2 heteroatoms. The Labute approximate surface area is 135 Å². The van der Waals surface area contributed by atoms with Crippen molar-refractivity contribution in [3.63, 3.8) is 0 Å². The molecule has 2 nitrogen and oxygen atoms in total. The average molecular weight is 306 g/mol. The number of hydrogen-bond donors (Lipinski definition) is 2. The zero-order chi connectivity index (χ0) is 15.1. The average Bonchev–Trinajstić information content (AvgIpc) is 3.07. The number of fused-ring (bicyclic) bond motifs is 1. The fourth-order valence-corrected chi connectivity index (χ4v) is 6.79. The van der Waals surface area contributed by atoms with Crippen LogP contribution < -0.4 is 0 Å². The van der Waals surface area contributed by atoms with E-state index in [0.29, 0.717) is 17.8 Å². The summed E-state index contributed by atoms with van der Waals surface area (Å²) in [5.74, 6) is 3.31. The lowest BCUT2D eigenvalue weighted by Crippen LogP contribution is -2.37. The van der Waals surface area contributed by atoms with Gasteiger partial charge in [-0.15, -0.1) is 0 Å². The third-order valence-corrected chi connectivity index (χ3v) is 7.87. The number of hydrogen-bond acceptors (Lipinski definition) is 2. The molecular formula is C20H34O2. The van der Waals surface area contributed by atoms with E-state index in [9.17, 15) is 10.2 Å². The monoisotopic (exact) mass is 306 g/mol. The first kappa shape index (κ1) is 15.4. The maximum atomic E-state index is 10.9. The zero-order valence-electron chi connectivity index (χ0n) is 14.0. The van der Waals surface area contributed by atoms with E-state index in [1.54, 1.807) is 0 Å². The number of aliphatic hydroxyl groups excluding tert-OH is 2. The number of rotatable bonds is 2. The Balaban J connectivity index is 1.42. The van der Waals surface area contributed by atoms with Crippen molar-refractivity contribution in [3.05, 3.63) is 0 Å². The first-order valence-electron chi connectivity index (χ1n) is 10.1. The van der Waals surface area contributed by atoms with Crippen LogP contribution in [0.2, 0.25) is 0 Å². The molecule has 0 heterocycles. The highest BCUT2D eigenvalue weighted by atomic mass is 16.3. The Morgan fingerprint density at radius 1 is 0.500 bits per heavy atom. The first-order valence-corrected chi connectivity index (χ1v) is 10.1. The van der Waals surface area contributed by atoms with Crippen LogP contribution in [0.5, 0.6) is 0 Å². The van der Waals surface area contributed by atoms with E-state index in [2.05, 4.69) is 0 Å². The van der Waals surface area contributed by atoms with E-state index in [4.69, 9.17) is 0 Å². The van der Waals surface area contributed by atoms with E-state index < -0.39 is 0 Å². The van der Waals surface area contributed by atoms with Gasteiger partial charge >= 0.3 is 0 Å². The van der Waals surface area contributed by atoms with Crippen LogP contribution in [0, 0.1) is 35.5 Å². The molecule has 0 radical (unpaired) electrons. The van der Waals surface area contributed by atoms with Crippen LogP contribution in [0.4, 0.5) is 0 Å². The minimum atomic E-state index is -0.211. The van der Waals surface area contributed by atoms with E-state index >= 15 is 0 Å². The van der Waals surface area contributed by atoms with Crippen LogP contribution in [0.15, 0.2) is 0 Å². The van der Waals surface area contributed by atoms with Crippen LogP contribution in [-0.2, 0) is 0 Å². The van der Waals surface area contributed by atoms with E-state index in [-0.39, 0.29) is 18.1 Å². The summed E-state index contributed by atoms with van der Waals surface area (Å²) in [4.78, 5) is 0. The van der Waals surface area contributed by atoms with Crippen molar-refractivity contribution >= 4 is 0 Å². The molecule has 0 aliphatic heterocycles. The highest BCUT2D eigenvalue weighted by molar-refractivity contribution is 5.04. The van der Waals surface area contributed by atoms with Gasteiger partial charge in [0.15, 0.2) is 0 Å². The molecule has 126 valence electrons. The normalized spacial score (nSPS) is 47.7. The van der Waals surface area contributed by atoms with E-state index in [1.165, 1.54) is 77.0 Å². The summed E-state index contributed by atoms with van der Waals surface area (Å²) in [6.07, 6.45) is 15.5. The van der Waals surface area contributed by atoms with Gasteiger partial charge in [0.05, 0.1) is 12.2 Å². The minimum absolute atomic E-state index is 0.207. The van der Waals surface area contributed by atoms with Gasteiger partial charge in [0, 0.05) is 5.92 Å². The van der Waals surface area contributed by atoms with Gasteiger partial charge in [0.1, 0.15) is 0 Å². The molecule has 22 heavy (non-hydrogen) atoms. The van der Waals surface area contributed by atoms with E-state index in [1.807, 2.05) is 0 Å². The van der Waals surface area contributed by atoms with Crippen molar-refractivity contribution in [1.29, 1.82) is 0 Å². The highest BCUT2D eigenvalue weighted by Gasteiger charge is 2.55. The molecule has 4 rings (SSSR count). The Morgan fingerprint density at radius 3 is 1.27 bits per heavy atom. The standard InChI is InChI=1S/C20H34O2/c21-19-16(13-7-3-1-4-8-13)11-15-12-17(20(22)18(15)19)14-9-5-2-6-10-14/h13-22H,1-12H2/t15?,16-,17+,18?,19?,20?. The largest absolute Gasteiger partial charge is 0.392 e. The molecule has 0 bridgehead atoms. The predicted octanol–water partition coefficient (Wildman–Crippen LogP) is 4.14. The van der Waals surface area contributed by atoms with Gasteiger partial charge in [-0.25, -0.2) is 0 Å². The molecule has 4 saturated carbocycles. The van der Waals surface area contributed by atoms with Crippen molar-refractivity contribution in [2.75, 3.05) is 0 Å². The molecule has 4 aliphatic rings. The molecule has 2 N–H and O–H groups in total. The first-order chi connectivity index (χ1) is 10.8. The van der Waals surface area contributed by atoms with Crippen LogP contribution in [0.3, 0.4) is 0 Å². The molecule has 0 aromatic heterocycles. The molecule has 6 atom stereocenters. The summed E-state index contributed by atoms with van der Waals surface area (Å²) in [5, 5.41) is 21.9. The van der Waals surface area contributed by atoms with Gasteiger partial charge < -0.3 is 10.2 Å². The van der Waals surface area contributed by atoms with Crippen LogP contribution in [0.1, 0.15) is 77.0 Å². The Kier molecular flexibility index (Phi) is 4.52. The molecule has 0 amide bonds.